The molecule has 0 amide bonds. The number of aromatic hydroxyl groups is 1. The van der Waals surface area contributed by atoms with Gasteiger partial charge in [0, 0.05) is 0 Å². The molecule has 0 aliphatic carbocycles. The van der Waals surface area contributed by atoms with Gasteiger partial charge in [-0.15, -0.1) is 0 Å². The first-order chi connectivity index (χ1) is 11.8. The zero-order valence-electron chi connectivity index (χ0n) is 13.2. The number of benzene rings is 5. The normalized spacial score (nSPS) is 11.7. The molecule has 0 aliphatic rings. The molecule has 0 fully saturated rings. The van der Waals surface area contributed by atoms with E-state index in [9.17, 15) is 5.11 Å². The van der Waals surface area contributed by atoms with Gasteiger partial charge in [0.2, 0.25) is 0 Å². The van der Waals surface area contributed by atoms with Crippen molar-refractivity contribution in [2.75, 3.05) is 0 Å². The Morgan fingerprint density at radius 2 is 1.21 bits per heavy atom. The quantitative estimate of drug-likeness (QED) is 0.404. The molecule has 1 nitrogen and oxygen atoms in total. The monoisotopic (exact) mass is 308 g/mol. The van der Waals surface area contributed by atoms with Crippen LogP contribution in [0, 0.1) is 0 Å². The summed E-state index contributed by atoms with van der Waals surface area (Å²) in [5.74, 6) is 0.314. The van der Waals surface area contributed by atoms with Crippen LogP contribution >= 0.6 is 0 Å². The molecule has 0 heterocycles. The maximum atomic E-state index is 9.48. The Morgan fingerprint density at radius 3 is 1.96 bits per heavy atom. The topological polar surface area (TPSA) is 20.2 Å². The van der Waals surface area contributed by atoms with Crippen molar-refractivity contribution in [3.8, 4) is 5.75 Å². The SMILES string of the molecule is Oc1ccc(Cc2ccc3ccc4cccc5ccc2c3c45)cc1. The summed E-state index contributed by atoms with van der Waals surface area (Å²) < 4.78 is 0. The lowest BCUT2D eigenvalue weighted by Crippen LogP contribution is -1.92. The Bertz CT molecular complexity index is 1150. The van der Waals surface area contributed by atoms with Crippen molar-refractivity contribution in [1.82, 2.24) is 0 Å². The molecule has 114 valence electrons. The van der Waals surface area contributed by atoms with Crippen LogP contribution in [0.4, 0.5) is 0 Å². The smallest absolute Gasteiger partial charge is 0.115 e. The van der Waals surface area contributed by atoms with Crippen molar-refractivity contribution in [2.24, 2.45) is 0 Å². The molecule has 0 atom stereocenters. The Balaban J connectivity index is 1.79. The summed E-state index contributed by atoms with van der Waals surface area (Å²) in [6, 6.07) is 27.4. The zero-order valence-corrected chi connectivity index (χ0v) is 13.2. The van der Waals surface area contributed by atoms with Crippen molar-refractivity contribution in [3.63, 3.8) is 0 Å². The van der Waals surface area contributed by atoms with Crippen LogP contribution < -0.4 is 0 Å². The second kappa shape index (κ2) is 4.97. The highest BCUT2D eigenvalue weighted by atomic mass is 16.3. The van der Waals surface area contributed by atoms with Gasteiger partial charge in [-0.1, -0.05) is 66.7 Å². The van der Waals surface area contributed by atoms with Crippen LogP contribution in [0.1, 0.15) is 11.1 Å². The van der Waals surface area contributed by atoms with Gasteiger partial charge in [-0.25, -0.2) is 0 Å². The average molecular weight is 308 g/mol. The first-order valence-electron chi connectivity index (χ1n) is 8.23. The Hall–Kier alpha value is -3.06. The Morgan fingerprint density at radius 1 is 0.583 bits per heavy atom. The molecule has 0 saturated heterocycles. The highest BCUT2D eigenvalue weighted by Crippen LogP contribution is 2.36. The van der Waals surface area contributed by atoms with E-state index in [4.69, 9.17) is 0 Å². The minimum absolute atomic E-state index is 0.314. The second-order valence-electron chi connectivity index (χ2n) is 6.42. The maximum absolute atomic E-state index is 9.48. The molecule has 0 saturated carbocycles. The number of hydrogen-bond donors (Lipinski definition) is 1. The van der Waals surface area contributed by atoms with Crippen LogP contribution in [-0.2, 0) is 6.42 Å². The highest BCUT2D eigenvalue weighted by Gasteiger charge is 2.10. The molecule has 0 unspecified atom stereocenters. The number of phenols is 1. The van der Waals surface area contributed by atoms with E-state index in [0.29, 0.717) is 5.75 Å². The summed E-state index contributed by atoms with van der Waals surface area (Å²) in [6.45, 7) is 0. The van der Waals surface area contributed by atoms with Gasteiger partial charge in [0.15, 0.2) is 0 Å². The largest absolute Gasteiger partial charge is 0.508 e. The molecule has 24 heavy (non-hydrogen) atoms. The van der Waals surface area contributed by atoms with Crippen molar-refractivity contribution < 1.29 is 5.11 Å². The zero-order chi connectivity index (χ0) is 16.1. The molecule has 1 N–H and O–H groups in total. The van der Waals surface area contributed by atoms with Crippen LogP contribution in [0.25, 0.3) is 32.3 Å². The number of hydrogen-bond acceptors (Lipinski definition) is 1. The van der Waals surface area contributed by atoms with Gasteiger partial charge in [0.25, 0.3) is 0 Å². The van der Waals surface area contributed by atoms with Crippen LogP contribution in [0.2, 0.25) is 0 Å². The van der Waals surface area contributed by atoms with E-state index in [1.165, 1.54) is 43.4 Å². The van der Waals surface area contributed by atoms with E-state index < -0.39 is 0 Å². The lowest BCUT2D eigenvalue weighted by atomic mass is 9.90. The fraction of sp³-hybridized carbons (Fsp3) is 0.0435. The summed E-state index contributed by atoms with van der Waals surface area (Å²) in [5.41, 5.74) is 2.54. The van der Waals surface area contributed by atoms with Crippen molar-refractivity contribution in [3.05, 3.63) is 90.0 Å². The first-order valence-corrected chi connectivity index (χ1v) is 8.23. The minimum Gasteiger partial charge on any atom is -0.508 e. The van der Waals surface area contributed by atoms with E-state index in [1.54, 1.807) is 12.1 Å². The summed E-state index contributed by atoms with van der Waals surface area (Å²) in [7, 11) is 0. The van der Waals surface area contributed by atoms with Crippen LogP contribution in [0.5, 0.6) is 5.75 Å². The number of phenolic OH excluding ortho intramolecular Hbond substituents is 1. The van der Waals surface area contributed by atoms with Crippen molar-refractivity contribution >= 4 is 32.3 Å². The second-order valence-corrected chi connectivity index (χ2v) is 6.42. The lowest BCUT2D eigenvalue weighted by Gasteiger charge is -2.14. The Labute approximate surface area is 140 Å². The van der Waals surface area contributed by atoms with Crippen LogP contribution in [0.3, 0.4) is 0 Å². The molecule has 5 aromatic carbocycles. The van der Waals surface area contributed by atoms with Gasteiger partial charge < -0.3 is 5.11 Å². The third kappa shape index (κ3) is 1.95. The van der Waals surface area contributed by atoms with Gasteiger partial charge >= 0.3 is 0 Å². The Kier molecular flexibility index (Phi) is 2.77. The van der Waals surface area contributed by atoms with E-state index in [1.807, 2.05) is 12.1 Å². The van der Waals surface area contributed by atoms with Crippen molar-refractivity contribution in [1.29, 1.82) is 0 Å². The summed E-state index contributed by atoms with van der Waals surface area (Å²) in [4.78, 5) is 0. The van der Waals surface area contributed by atoms with Gasteiger partial charge in [-0.2, -0.15) is 0 Å². The third-order valence-corrected chi connectivity index (χ3v) is 4.95. The molecule has 0 bridgehead atoms. The highest BCUT2D eigenvalue weighted by molar-refractivity contribution is 6.23. The molecule has 0 spiro atoms. The maximum Gasteiger partial charge on any atom is 0.115 e. The van der Waals surface area contributed by atoms with E-state index in [0.717, 1.165) is 6.42 Å². The fourth-order valence-electron chi connectivity index (χ4n) is 3.78. The summed E-state index contributed by atoms with van der Waals surface area (Å²) in [6.07, 6.45) is 0.869. The molecule has 0 radical (unpaired) electrons. The standard InChI is InChI=1S/C23H16O/c24-20-11-4-15(5-12-20)14-19-9-8-18-7-6-16-2-1-3-17-10-13-21(19)23(18)22(16)17/h1-13,24H,14H2. The van der Waals surface area contributed by atoms with Crippen LogP contribution in [0.15, 0.2) is 78.9 Å². The summed E-state index contributed by atoms with van der Waals surface area (Å²) >= 11 is 0. The predicted molar refractivity (Wildman–Crippen MR) is 101 cm³/mol. The third-order valence-electron chi connectivity index (χ3n) is 4.95. The molecule has 1 heteroatoms. The van der Waals surface area contributed by atoms with Crippen LogP contribution in [-0.4, -0.2) is 5.11 Å². The van der Waals surface area contributed by atoms with E-state index in [-0.39, 0.29) is 0 Å². The van der Waals surface area contributed by atoms with Crippen molar-refractivity contribution in [2.45, 2.75) is 6.42 Å². The summed E-state index contributed by atoms with van der Waals surface area (Å²) in [5, 5.41) is 17.4. The molecule has 0 aliphatic heterocycles. The minimum atomic E-state index is 0.314. The lowest BCUT2D eigenvalue weighted by molar-refractivity contribution is 0.475. The van der Waals surface area contributed by atoms with Gasteiger partial charge in [-0.3, -0.25) is 0 Å². The predicted octanol–water partition coefficient (Wildman–Crippen LogP) is 5.88. The van der Waals surface area contributed by atoms with E-state index in [2.05, 4.69) is 54.6 Å². The molecular weight excluding hydrogens is 292 g/mol. The average Bonchev–Trinajstić information content (AvgIpc) is 2.63. The van der Waals surface area contributed by atoms with Gasteiger partial charge in [-0.05, 0) is 62.0 Å². The molecule has 5 aromatic rings. The van der Waals surface area contributed by atoms with Gasteiger partial charge in [0.05, 0.1) is 0 Å². The number of rotatable bonds is 2. The first kappa shape index (κ1) is 13.4. The molecule has 5 rings (SSSR count). The van der Waals surface area contributed by atoms with Gasteiger partial charge in [0.1, 0.15) is 5.75 Å². The fourth-order valence-corrected chi connectivity index (χ4v) is 3.78. The molecular formula is C23H16O. The van der Waals surface area contributed by atoms with E-state index >= 15 is 0 Å². The molecule has 0 aromatic heterocycles.